The standard InChI is InChI=1S/C14H17F2IO3/c1-2-14(5-3-4-6-14)20-13(18)9-19-10-7-11(15)17-12(16)8-10/h7-8H,2-6,9H2,1H3. The molecule has 1 aliphatic heterocycles. The smallest absolute Gasteiger partial charge is 0.344 e. The first-order valence-electron chi connectivity index (χ1n) is 6.64. The molecule has 0 atom stereocenters. The largest absolute Gasteiger partial charge is 0.482 e. The molecule has 0 unspecified atom stereocenters. The van der Waals surface area contributed by atoms with Gasteiger partial charge in [-0.1, -0.05) is 6.92 Å². The van der Waals surface area contributed by atoms with Gasteiger partial charge in [0.2, 0.25) is 0 Å². The lowest BCUT2D eigenvalue weighted by atomic mass is 9.99. The maximum Gasteiger partial charge on any atom is 0.344 e. The highest BCUT2D eigenvalue weighted by Crippen LogP contribution is 2.36. The number of allylic oxidation sites excluding steroid dienone is 2. The van der Waals surface area contributed by atoms with Gasteiger partial charge in [-0.05, 0) is 52.8 Å². The number of hydrogen-bond acceptors (Lipinski definition) is 3. The van der Waals surface area contributed by atoms with E-state index in [2.05, 4.69) is 0 Å². The second kappa shape index (κ2) is 6.78. The van der Waals surface area contributed by atoms with Crippen LogP contribution in [0.2, 0.25) is 0 Å². The molecule has 0 aromatic rings. The van der Waals surface area contributed by atoms with Crippen LogP contribution < -0.4 is 0 Å². The van der Waals surface area contributed by atoms with Crippen molar-refractivity contribution in [3.8, 4) is 0 Å². The second-order valence-electron chi connectivity index (χ2n) is 4.87. The zero-order valence-electron chi connectivity index (χ0n) is 11.3. The Hall–Kier alpha value is -0.790. The molecule has 2 rings (SSSR count). The van der Waals surface area contributed by atoms with E-state index in [1.54, 1.807) is 0 Å². The van der Waals surface area contributed by atoms with Crippen LogP contribution in [0.1, 0.15) is 39.0 Å². The minimum Gasteiger partial charge on any atom is -0.482 e. The van der Waals surface area contributed by atoms with Crippen LogP contribution in [0.5, 0.6) is 0 Å². The Labute approximate surface area is 126 Å². The average molecular weight is 398 g/mol. The minimum atomic E-state index is -1.32. The molecule has 0 saturated heterocycles. The summed E-state index contributed by atoms with van der Waals surface area (Å²) in [6, 6.07) is 0. The first kappa shape index (κ1) is 15.6. The normalized spacial score (nSPS) is 21.2. The van der Waals surface area contributed by atoms with E-state index < -0.39 is 34.3 Å². The molecule has 0 amide bonds. The number of hydrogen-bond donors (Lipinski definition) is 0. The van der Waals surface area contributed by atoms with E-state index in [1.165, 1.54) is 0 Å². The predicted octanol–water partition coefficient (Wildman–Crippen LogP) is 4.05. The molecular weight excluding hydrogens is 381 g/mol. The second-order valence-corrected chi connectivity index (χ2v) is 7.47. The third-order valence-electron chi connectivity index (χ3n) is 3.53. The molecule has 0 N–H and O–H groups in total. The summed E-state index contributed by atoms with van der Waals surface area (Å²) in [5, 5.41) is 0. The molecule has 0 radical (unpaired) electrons. The number of ether oxygens (including phenoxy) is 2. The molecule has 2 aliphatic rings. The Bertz CT molecular complexity index is 474. The van der Waals surface area contributed by atoms with Gasteiger partial charge in [0.15, 0.2) is 14.2 Å². The minimum absolute atomic E-state index is 0.0415. The van der Waals surface area contributed by atoms with Crippen molar-refractivity contribution in [2.45, 2.75) is 44.6 Å². The summed E-state index contributed by atoms with van der Waals surface area (Å²) in [7, 11) is 0. The average Bonchev–Trinajstić information content (AvgIpc) is 2.84. The predicted molar refractivity (Wildman–Crippen MR) is 80.9 cm³/mol. The summed E-state index contributed by atoms with van der Waals surface area (Å²) in [6.45, 7) is 1.68. The number of rotatable bonds is 5. The van der Waals surface area contributed by atoms with Gasteiger partial charge < -0.3 is 9.47 Å². The zero-order chi connectivity index (χ0) is 14.6. The van der Waals surface area contributed by atoms with Gasteiger partial charge in [-0.3, -0.25) is 0 Å². The van der Waals surface area contributed by atoms with Gasteiger partial charge in [-0.25, -0.2) is 13.6 Å². The summed E-state index contributed by atoms with van der Waals surface area (Å²) >= 11 is -1.32. The van der Waals surface area contributed by atoms with Crippen LogP contribution in [-0.2, 0) is 14.3 Å². The summed E-state index contributed by atoms with van der Waals surface area (Å²) < 4.78 is 35.7. The highest BCUT2D eigenvalue weighted by Gasteiger charge is 2.35. The molecule has 6 heteroatoms. The van der Waals surface area contributed by atoms with Crippen LogP contribution in [0.4, 0.5) is 8.78 Å². The lowest BCUT2D eigenvalue weighted by molar-refractivity contribution is -0.163. The first-order chi connectivity index (χ1) is 9.53. The van der Waals surface area contributed by atoms with Crippen molar-refractivity contribution >= 4 is 30.5 Å². The third-order valence-corrected chi connectivity index (χ3v) is 5.18. The number of carbonyl (C=O) groups is 1. The molecule has 3 nitrogen and oxygen atoms in total. The molecule has 1 aliphatic carbocycles. The van der Waals surface area contributed by atoms with E-state index in [-0.39, 0.29) is 18.0 Å². The first-order valence-corrected chi connectivity index (χ1v) is 8.79. The lowest BCUT2D eigenvalue weighted by Crippen LogP contribution is -2.32. The molecule has 1 fully saturated rings. The summed E-state index contributed by atoms with van der Waals surface area (Å²) in [5.41, 5.74) is -0.370. The summed E-state index contributed by atoms with van der Waals surface area (Å²) in [4.78, 5) is 11.8. The van der Waals surface area contributed by atoms with Gasteiger partial charge in [0.05, 0.1) is 0 Å². The van der Waals surface area contributed by atoms with E-state index in [1.807, 2.05) is 6.92 Å². The zero-order valence-corrected chi connectivity index (χ0v) is 13.4. The van der Waals surface area contributed by atoms with Crippen LogP contribution in [-0.4, -0.2) is 21.9 Å². The van der Waals surface area contributed by atoms with Crippen molar-refractivity contribution in [1.82, 2.24) is 0 Å². The summed E-state index contributed by atoms with van der Waals surface area (Å²) in [6.07, 6.45) is 6.92. The number of halogens is 3. The van der Waals surface area contributed by atoms with Crippen LogP contribution >= 0.6 is 20.7 Å². The van der Waals surface area contributed by atoms with Crippen molar-refractivity contribution in [3.05, 3.63) is 21.7 Å². The number of esters is 1. The molecule has 112 valence electrons. The Kier molecular flexibility index (Phi) is 5.29. The van der Waals surface area contributed by atoms with Gasteiger partial charge in [-0.15, -0.1) is 0 Å². The Morgan fingerprint density at radius 2 is 2.05 bits per heavy atom. The van der Waals surface area contributed by atoms with Crippen molar-refractivity contribution in [3.63, 3.8) is 0 Å². The van der Waals surface area contributed by atoms with Crippen molar-refractivity contribution < 1.29 is 23.0 Å². The van der Waals surface area contributed by atoms with E-state index in [0.717, 1.165) is 44.3 Å². The fraction of sp³-hybridized carbons (Fsp3) is 0.571. The van der Waals surface area contributed by atoms with Crippen LogP contribution in [0.15, 0.2) is 21.7 Å². The maximum absolute atomic E-state index is 13.1. The van der Waals surface area contributed by atoms with Crippen molar-refractivity contribution in [2.75, 3.05) is 6.61 Å². The molecule has 20 heavy (non-hydrogen) atoms. The van der Waals surface area contributed by atoms with Crippen LogP contribution in [0, 0.1) is 0 Å². The third kappa shape index (κ3) is 4.10. The number of carbonyl (C=O) groups excluding carboxylic acids is 1. The fourth-order valence-corrected chi connectivity index (χ4v) is 3.86. The quantitative estimate of drug-likeness (QED) is 0.518. The Morgan fingerprint density at radius 3 is 2.65 bits per heavy atom. The maximum atomic E-state index is 13.1. The fourth-order valence-electron chi connectivity index (χ4n) is 2.44. The van der Waals surface area contributed by atoms with Gasteiger partial charge in [0.1, 0.15) is 11.4 Å². The van der Waals surface area contributed by atoms with E-state index >= 15 is 0 Å². The Morgan fingerprint density at radius 1 is 1.35 bits per heavy atom. The summed E-state index contributed by atoms with van der Waals surface area (Å²) in [5.74, 6) is -0.441. The molecule has 1 saturated carbocycles. The van der Waals surface area contributed by atoms with Gasteiger partial charge in [0.25, 0.3) is 0 Å². The SMILES string of the molecule is CCC1(OC(=O)COC2=CC(F)=IC(F)=C2)CCCC1. The molecule has 0 spiro atoms. The molecule has 0 bridgehead atoms. The van der Waals surface area contributed by atoms with Gasteiger partial charge >= 0.3 is 5.97 Å². The molecular formula is C14H17F2IO3. The molecule has 0 aromatic heterocycles. The van der Waals surface area contributed by atoms with Crippen molar-refractivity contribution in [1.29, 1.82) is 0 Å². The van der Waals surface area contributed by atoms with Crippen molar-refractivity contribution in [2.24, 2.45) is 0 Å². The topological polar surface area (TPSA) is 35.5 Å². The highest BCUT2D eigenvalue weighted by molar-refractivity contribution is 14.2. The van der Waals surface area contributed by atoms with E-state index in [4.69, 9.17) is 9.47 Å². The molecule has 1 heterocycles. The van der Waals surface area contributed by atoms with Gasteiger partial charge in [0, 0.05) is 12.2 Å². The lowest BCUT2D eigenvalue weighted by Gasteiger charge is -2.27. The van der Waals surface area contributed by atoms with E-state index in [0.29, 0.717) is 0 Å². The van der Waals surface area contributed by atoms with Crippen LogP contribution in [0.25, 0.3) is 0 Å². The molecule has 0 aromatic carbocycles. The van der Waals surface area contributed by atoms with E-state index in [9.17, 15) is 13.6 Å². The monoisotopic (exact) mass is 398 g/mol. The highest BCUT2D eigenvalue weighted by atomic mass is 127. The Balaban J connectivity index is 1.86. The van der Waals surface area contributed by atoms with Crippen LogP contribution in [0.3, 0.4) is 0 Å². The van der Waals surface area contributed by atoms with Gasteiger partial charge in [-0.2, -0.15) is 0 Å².